The number of rotatable bonds is 27. The molecule has 16 saturated carbocycles. The largest absolute Gasteiger partial charge is 0.466 e. The van der Waals surface area contributed by atoms with Crippen LogP contribution >= 0.6 is 0 Å². The first-order valence-corrected chi connectivity index (χ1v) is 48.8. The van der Waals surface area contributed by atoms with Crippen molar-refractivity contribution in [3.05, 3.63) is 0 Å². The summed E-state index contributed by atoms with van der Waals surface area (Å²) in [4.78, 5) is 60.8. The number of esters is 5. The van der Waals surface area contributed by atoms with Gasteiger partial charge in [0.25, 0.3) is 0 Å². The lowest BCUT2D eigenvalue weighted by atomic mass is 9.49. The van der Waals surface area contributed by atoms with Crippen LogP contribution in [-0.4, -0.2) is 111 Å². The molecule has 116 heavy (non-hydrogen) atoms. The van der Waals surface area contributed by atoms with Gasteiger partial charge in [0, 0.05) is 45.2 Å². The molecule has 18 fully saturated rings. The molecule has 0 aromatic heterocycles. The maximum Gasteiger partial charge on any atom is 0.312 e. The number of carbonyl (C=O) groups excluding carboxylic acids is 5. The molecular weight excluding hydrogens is 1450 g/mol. The summed E-state index contributed by atoms with van der Waals surface area (Å²) in [5.74, 6) is 15.6. The van der Waals surface area contributed by atoms with E-state index in [4.69, 9.17) is 47.4 Å². The number of hydrogen-bond acceptors (Lipinski definition) is 15. The van der Waals surface area contributed by atoms with E-state index in [0.29, 0.717) is 71.7 Å². The van der Waals surface area contributed by atoms with Crippen LogP contribution in [0.3, 0.4) is 0 Å². The van der Waals surface area contributed by atoms with Crippen molar-refractivity contribution in [2.24, 2.45) is 146 Å². The smallest absolute Gasteiger partial charge is 0.312 e. The highest BCUT2D eigenvalue weighted by Crippen LogP contribution is 2.65. The topological polar surface area (TPSA) is 178 Å². The third-order valence-corrected chi connectivity index (χ3v) is 33.7. The SMILES string of the molecule is CC1COCC1C.CCC(C)(C)C(=O)OC1(CC)C2CC3CC(C2)CC1C3.CCC(C)(C)C(=O)OC1(CC)C2CC3CC(C2)CC1C3.CCC(C)(C)C(=O)OC1(CC)C2CC3CC(C2)CC1C3.CCC(C)(C)C(=O)OC1(CC)C2CC3CC(C2)CC1C3.CCC(C)C1OCCO1.CCC(C)COC(C)=O.CCOC(OCC)C(C)CC. The summed E-state index contributed by atoms with van der Waals surface area (Å²) in [6, 6.07) is 0. The van der Waals surface area contributed by atoms with E-state index in [1.165, 1.54) is 135 Å². The van der Waals surface area contributed by atoms with Gasteiger partial charge in [-0.05, 0) is 374 Å². The Balaban J connectivity index is 0.000000188. The van der Waals surface area contributed by atoms with E-state index in [9.17, 15) is 24.0 Å². The molecule has 674 valence electrons. The van der Waals surface area contributed by atoms with Crippen LogP contribution in [0.15, 0.2) is 0 Å². The standard InChI is InChI=1S/4C18H30O2.C9H20O2.2C7H14O2.C6H12O/c4*1-5-17(3,4)16(19)20-18(6-2)14-8-12-7-13(10-14)11-15(18)9-12;1-5-8(4)9(10-6-2)11-7-3;1-3-6(2)7-8-4-5-9-7;1-4-6(2)5-9-7(3)8;1-5-3-7-4-6(5)2/h4*12-15H,5-11H2,1-4H3;8-9H,5-7H2,1-4H3;6-7H,3-5H2,1-2H3;6H,4-5H2,1-3H3;5-6H,3-4H2,1-2H3. The highest BCUT2D eigenvalue weighted by atomic mass is 16.7. The van der Waals surface area contributed by atoms with Gasteiger partial charge < -0.3 is 47.4 Å². The zero-order valence-corrected chi connectivity index (χ0v) is 79.8. The maximum absolute atomic E-state index is 12.6. The summed E-state index contributed by atoms with van der Waals surface area (Å²) in [7, 11) is 0. The molecule has 15 heteroatoms. The van der Waals surface area contributed by atoms with Gasteiger partial charge >= 0.3 is 29.8 Å². The minimum absolute atomic E-state index is 0.00463. The summed E-state index contributed by atoms with van der Waals surface area (Å²) < 4.78 is 56.4. The number of hydrogen-bond donors (Lipinski definition) is 0. The molecule has 2 aliphatic heterocycles. The molecule has 5 atom stereocenters. The third-order valence-electron chi connectivity index (χ3n) is 33.7. The molecule has 18 aliphatic rings. The first kappa shape index (κ1) is 100. The molecule has 0 spiro atoms. The minimum Gasteiger partial charge on any atom is -0.466 e. The Labute approximate surface area is 710 Å². The van der Waals surface area contributed by atoms with Crippen molar-refractivity contribution in [1.29, 1.82) is 0 Å². The molecule has 0 aromatic rings. The molecule has 0 aromatic carbocycles. The molecular formula is C101H180O15. The van der Waals surface area contributed by atoms with Crippen LogP contribution in [0.4, 0.5) is 0 Å². The Hall–Kier alpha value is -2.85. The van der Waals surface area contributed by atoms with Gasteiger partial charge in [0.05, 0.1) is 41.5 Å². The zero-order chi connectivity index (χ0) is 86.1. The second kappa shape index (κ2) is 44.2. The van der Waals surface area contributed by atoms with Crippen LogP contribution in [0.5, 0.6) is 0 Å². The van der Waals surface area contributed by atoms with Gasteiger partial charge in [-0.25, -0.2) is 0 Å². The van der Waals surface area contributed by atoms with E-state index >= 15 is 0 Å². The summed E-state index contributed by atoms with van der Waals surface area (Å²) in [6.45, 7) is 61.6. The quantitative estimate of drug-likeness (QED) is 0.0431. The van der Waals surface area contributed by atoms with Crippen LogP contribution in [0.1, 0.15) is 386 Å². The van der Waals surface area contributed by atoms with Crippen molar-refractivity contribution in [3.8, 4) is 0 Å². The van der Waals surface area contributed by atoms with Crippen LogP contribution in [0.2, 0.25) is 0 Å². The Morgan fingerprint density at radius 2 is 0.603 bits per heavy atom. The predicted octanol–water partition coefficient (Wildman–Crippen LogP) is 25.0. The fourth-order valence-corrected chi connectivity index (χ4v) is 24.0. The molecule has 16 bridgehead atoms. The normalized spacial score (nSPS) is 36.3. The molecule has 2 heterocycles. The molecule has 2 saturated heterocycles. The molecule has 0 N–H and O–H groups in total. The van der Waals surface area contributed by atoms with Gasteiger partial charge in [-0.15, -0.1) is 0 Å². The van der Waals surface area contributed by atoms with E-state index in [-0.39, 0.29) is 86.5 Å². The first-order chi connectivity index (χ1) is 54.7. The fraction of sp³-hybridized carbons (Fsp3) is 0.950. The molecule has 0 amide bonds. The number of ether oxygens (including phenoxy) is 10. The second-order valence-corrected chi connectivity index (χ2v) is 42.9. The Morgan fingerprint density at radius 3 is 0.767 bits per heavy atom. The van der Waals surface area contributed by atoms with Crippen LogP contribution < -0.4 is 0 Å². The first-order valence-electron chi connectivity index (χ1n) is 48.8. The molecule has 15 nitrogen and oxygen atoms in total. The highest BCUT2D eigenvalue weighted by Gasteiger charge is 2.64. The molecule has 5 unspecified atom stereocenters. The fourth-order valence-electron chi connectivity index (χ4n) is 24.0. The van der Waals surface area contributed by atoms with Crippen molar-refractivity contribution in [2.45, 2.75) is 421 Å². The highest BCUT2D eigenvalue weighted by molar-refractivity contribution is 5.78. The van der Waals surface area contributed by atoms with Gasteiger partial charge in [-0.2, -0.15) is 0 Å². The van der Waals surface area contributed by atoms with E-state index in [1.54, 1.807) is 0 Å². The second-order valence-electron chi connectivity index (χ2n) is 42.9. The minimum atomic E-state index is -0.336. The van der Waals surface area contributed by atoms with E-state index in [1.807, 2.05) is 69.2 Å². The zero-order valence-electron chi connectivity index (χ0n) is 79.8. The van der Waals surface area contributed by atoms with Crippen molar-refractivity contribution < 1.29 is 71.3 Å². The average molecular weight is 1630 g/mol. The summed E-state index contributed by atoms with van der Waals surface area (Å²) >= 11 is 0. The monoisotopic (exact) mass is 1630 g/mol. The number of carbonyl (C=O) groups is 5. The lowest BCUT2D eigenvalue weighted by Gasteiger charge is -2.60. The predicted molar refractivity (Wildman–Crippen MR) is 468 cm³/mol. The lowest BCUT2D eigenvalue weighted by molar-refractivity contribution is -0.218. The van der Waals surface area contributed by atoms with Crippen LogP contribution in [0.25, 0.3) is 0 Å². The summed E-state index contributed by atoms with van der Waals surface area (Å²) in [6.07, 6.45) is 37.5. The van der Waals surface area contributed by atoms with Gasteiger partial charge in [0.2, 0.25) is 0 Å². The average Bonchev–Trinajstić information content (AvgIpc) is 0.784. The lowest BCUT2D eigenvalue weighted by Crippen LogP contribution is -2.60. The maximum atomic E-state index is 12.6. The van der Waals surface area contributed by atoms with Gasteiger partial charge in [0.1, 0.15) is 22.4 Å². The van der Waals surface area contributed by atoms with E-state index < -0.39 is 0 Å². The Morgan fingerprint density at radius 1 is 0.362 bits per heavy atom. The van der Waals surface area contributed by atoms with Crippen molar-refractivity contribution >= 4 is 29.8 Å². The summed E-state index contributed by atoms with van der Waals surface area (Å²) in [5, 5.41) is 0. The molecule has 18 rings (SSSR count). The van der Waals surface area contributed by atoms with E-state index in [2.05, 4.69) is 111 Å². The van der Waals surface area contributed by atoms with Crippen molar-refractivity contribution in [3.63, 3.8) is 0 Å². The third kappa shape index (κ3) is 24.4. The Kier molecular flexibility index (Phi) is 38.2. The molecule has 0 radical (unpaired) electrons. The van der Waals surface area contributed by atoms with E-state index in [0.717, 1.165) is 169 Å². The Bertz CT molecular complexity index is 2540. The van der Waals surface area contributed by atoms with Gasteiger partial charge in [-0.3, -0.25) is 24.0 Å². The van der Waals surface area contributed by atoms with Crippen molar-refractivity contribution in [1.82, 2.24) is 0 Å². The van der Waals surface area contributed by atoms with Gasteiger partial charge in [0.15, 0.2) is 12.6 Å². The molecule has 16 aliphatic carbocycles. The van der Waals surface area contributed by atoms with Gasteiger partial charge in [-0.1, -0.05) is 117 Å². The summed E-state index contributed by atoms with van der Waals surface area (Å²) in [5.41, 5.74) is -1.86. The van der Waals surface area contributed by atoms with Crippen LogP contribution in [0, 0.1) is 146 Å². The van der Waals surface area contributed by atoms with Crippen LogP contribution in [-0.2, 0) is 71.3 Å². The van der Waals surface area contributed by atoms with Crippen molar-refractivity contribution in [2.75, 3.05) is 46.2 Å².